The van der Waals surface area contributed by atoms with Crippen LogP contribution in [0.4, 0.5) is 0 Å². The number of nitrogens with zero attached hydrogens (tertiary/aromatic N) is 1. The van der Waals surface area contributed by atoms with Crippen LogP contribution in [-0.4, -0.2) is 10.2 Å². The lowest BCUT2D eigenvalue weighted by Crippen LogP contribution is -1.99. The maximum Gasteiger partial charge on any atom is 0.238 e. The molecule has 84 valence electrons. The highest BCUT2D eigenvalue weighted by Gasteiger charge is 2.06. The average Bonchev–Trinajstić information content (AvgIpc) is 2.64. The number of hydrogen-bond acceptors (Lipinski definition) is 3. The van der Waals surface area contributed by atoms with Crippen LogP contribution in [0.1, 0.15) is 11.3 Å². The number of benzene rings is 1. The molecule has 5 heteroatoms. The van der Waals surface area contributed by atoms with E-state index in [1.54, 1.807) is 18.2 Å². The topological polar surface area (TPSA) is 63.9 Å². The summed E-state index contributed by atoms with van der Waals surface area (Å²) in [7, 11) is 0. The van der Waals surface area contributed by atoms with E-state index in [1.807, 2.05) is 13.0 Å². The summed E-state index contributed by atoms with van der Waals surface area (Å²) in [5.74, 6) is 1.15. The van der Waals surface area contributed by atoms with Gasteiger partial charge in [-0.15, -0.1) is 5.10 Å². The monoisotopic (exact) mass is 237 g/mol. The minimum atomic E-state index is 0.399. The number of aromatic nitrogens is 2. The van der Waals surface area contributed by atoms with Crippen LogP contribution in [0.5, 0.6) is 11.6 Å². The molecule has 0 spiro atoms. The summed E-state index contributed by atoms with van der Waals surface area (Å²) in [6.45, 7) is 2.30. The molecule has 0 amide bonds. The highest BCUT2D eigenvalue weighted by Crippen LogP contribution is 2.27. The Morgan fingerprint density at radius 2 is 2.25 bits per heavy atom. The quantitative estimate of drug-likeness (QED) is 0.863. The molecule has 1 aromatic heterocycles. The summed E-state index contributed by atoms with van der Waals surface area (Å²) >= 11 is 5.90. The van der Waals surface area contributed by atoms with Crippen molar-refractivity contribution in [2.75, 3.05) is 0 Å². The molecule has 3 N–H and O–H groups in total. The van der Waals surface area contributed by atoms with Gasteiger partial charge in [0.1, 0.15) is 5.75 Å². The maximum atomic E-state index is 5.90. The van der Waals surface area contributed by atoms with E-state index in [4.69, 9.17) is 22.1 Å². The van der Waals surface area contributed by atoms with Gasteiger partial charge in [0, 0.05) is 28.9 Å². The van der Waals surface area contributed by atoms with Crippen LogP contribution in [0.25, 0.3) is 0 Å². The molecule has 0 bridgehead atoms. The molecule has 2 rings (SSSR count). The molecule has 0 atom stereocenters. The third-order valence-electron chi connectivity index (χ3n) is 2.15. The SMILES string of the molecule is Cc1cc(Oc2cc(Cl)ccc2CN)n[nH]1. The van der Waals surface area contributed by atoms with Crippen LogP contribution in [0, 0.1) is 6.92 Å². The summed E-state index contributed by atoms with van der Waals surface area (Å²) in [4.78, 5) is 0. The Hall–Kier alpha value is -1.52. The Morgan fingerprint density at radius 1 is 1.44 bits per heavy atom. The predicted molar refractivity (Wildman–Crippen MR) is 62.7 cm³/mol. The van der Waals surface area contributed by atoms with Gasteiger partial charge in [-0.3, -0.25) is 5.10 Å². The molecule has 0 fully saturated rings. The van der Waals surface area contributed by atoms with E-state index in [9.17, 15) is 0 Å². The first-order valence-electron chi connectivity index (χ1n) is 4.87. The summed E-state index contributed by atoms with van der Waals surface area (Å²) in [5.41, 5.74) is 7.44. The number of nitrogens with one attached hydrogen (secondary N) is 1. The third-order valence-corrected chi connectivity index (χ3v) is 2.38. The molecule has 4 nitrogen and oxygen atoms in total. The van der Waals surface area contributed by atoms with E-state index in [0.29, 0.717) is 23.2 Å². The first-order chi connectivity index (χ1) is 7.69. The molecule has 0 aliphatic heterocycles. The molecule has 2 aromatic rings. The normalized spacial score (nSPS) is 10.4. The Bertz CT molecular complexity index is 496. The van der Waals surface area contributed by atoms with E-state index in [2.05, 4.69) is 10.2 Å². The minimum absolute atomic E-state index is 0.399. The van der Waals surface area contributed by atoms with Gasteiger partial charge in [0.2, 0.25) is 5.88 Å². The van der Waals surface area contributed by atoms with Gasteiger partial charge in [-0.25, -0.2) is 0 Å². The smallest absolute Gasteiger partial charge is 0.238 e. The summed E-state index contributed by atoms with van der Waals surface area (Å²) in [6, 6.07) is 7.17. The summed E-state index contributed by atoms with van der Waals surface area (Å²) < 4.78 is 5.60. The number of rotatable bonds is 3. The lowest BCUT2D eigenvalue weighted by atomic mass is 10.2. The van der Waals surface area contributed by atoms with Crippen LogP contribution in [-0.2, 0) is 6.54 Å². The van der Waals surface area contributed by atoms with Crippen LogP contribution in [0.3, 0.4) is 0 Å². The first kappa shape index (κ1) is 11.0. The fourth-order valence-corrected chi connectivity index (χ4v) is 1.51. The second-order valence-corrected chi connectivity index (χ2v) is 3.88. The summed E-state index contributed by atoms with van der Waals surface area (Å²) in [5, 5.41) is 7.40. The van der Waals surface area contributed by atoms with Crippen molar-refractivity contribution in [3.05, 3.63) is 40.5 Å². The van der Waals surface area contributed by atoms with Crippen LogP contribution < -0.4 is 10.5 Å². The number of nitrogens with two attached hydrogens (primary N) is 1. The molecule has 16 heavy (non-hydrogen) atoms. The number of aryl methyl sites for hydroxylation is 1. The van der Waals surface area contributed by atoms with Gasteiger partial charge in [-0.2, -0.15) is 0 Å². The molecule has 0 saturated carbocycles. The second kappa shape index (κ2) is 4.55. The fraction of sp³-hybridized carbons (Fsp3) is 0.182. The number of ether oxygens (including phenoxy) is 1. The number of H-pyrrole nitrogens is 1. The van der Waals surface area contributed by atoms with Gasteiger partial charge in [0.15, 0.2) is 0 Å². The van der Waals surface area contributed by atoms with Crippen molar-refractivity contribution in [2.45, 2.75) is 13.5 Å². The van der Waals surface area contributed by atoms with E-state index in [1.165, 1.54) is 0 Å². The standard InChI is InChI=1S/C11H12ClN3O/c1-7-4-11(15-14-7)16-10-5-9(12)3-2-8(10)6-13/h2-5H,6,13H2,1H3,(H,14,15). The Balaban J connectivity index is 2.29. The maximum absolute atomic E-state index is 5.90. The second-order valence-electron chi connectivity index (χ2n) is 3.45. The van der Waals surface area contributed by atoms with Gasteiger partial charge >= 0.3 is 0 Å². The Morgan fingerprint density at radius 3 is 2.88 bits per heavy atom. The van der Waals surface area contributed by atoms with Crippen molar-refractivity contribution in [3.8, 4) is 11.6 Å². The molecular weight excluding hydrogens is 226 g/mol. The molecule has 0 saturated heterocycles. The van der Waals surface area contributed by atoms with Crippen molar-refractivity contribution in [3.63, 3.8) is 0 Å². The Kier molecular flexibility index (Phi) is 3.12. The van der Waals surface area contributed by atoms with Crippen molar-refractivity contribution < 1.29 is 4.74 Å². The Labute approximate surface area is 98.4 Å². The highest BCUT2D eigenvalue weighted by molar-refractivity contribution is 6.30. The summed E-state index contributed by atoms with van der Waals surface area (Å²) in [6.07, 6.45) is 0. The highest BCUT2D eigenvalue weighted by atomic mass is 35.5. The fourth-order valence-electron chi connectivity index (χ4n) is 1.35. The van der Waals surface area contributed by atoms with Crippen molar-refractivity contribution in [1.82, 2.24) is 10.2 Å². The van der Waals surface area contributed by atoms with Gasteiger partial charge in [0.25, 0.3) is 0 Å². The minimum Gasteiger partial charge on any atom is -0.437 e. The molecule has 0 unspecified atom stereocenters. The number of hydrogen-bond donors (Lipinski definition) is 2. The zero-order chi connectivity index (χ0) is 11.5. The van der Waals surface area contributed by atoms with E-state index in [0.717, 1.165) is 11.3 Å². The number of aromatic amines is 1. The van der Waals surface area contributed by atoms with E-state index >= 15 is 0 Å². The molecule has 1 heterocycles. The molecule has 1 aromatic carbocycles. The predicted octanol–water partition coefficient (Wildman–Crippen LogP) is 2.62. The van der Waals surface area contributed by atoms with Crippen molar-refractivity contribution >= 4 is 11.6 Å². The lowest BCUT2D eigenvalue weighted by molar-refractivity contribution is 0.456. The zero-order valence-electron chi connectivity index (χ0n) is 8.83. The molecule has 0 aliphatic rings. The van der Waals surface area contributed by atoms with Crippen LogP contribution >= 0.6 is 11.6 Å². The molecule has 0 radical (unpaired) electrons. The number of halogens is 1. The van der Waals surface area contributed by atoms with Gasteiger partial charge in [-0.05, 0) is 19.1 Å². The van der Waals surface area contributed by atoms with Crippen LogP contribution in [0.15, 0.2) is 24.3 Å². The van der Waals surface area contributed by atoms with Gasteiger partial charge < -0.3 is 10.5 Å². The van der Waals surface area contributed by atoms with Gasteiger partial charge in [0.05, 0.1) is 0 Å². The zero-order valence-corrected chi connectivity index (χ0v) is 9.58. The average molecular weight is 238 g/mol. The largest absolute Gasteiger partial charge is 0.437 e. The van der Waals surface area contributed by atoms with Crippen molar-refractivity contribution in [2.24, 2.45) is 5.73 Å². The van der Waals surface area contributed by atoms with Crippen LogP contribution in [0.2, 0.25) is 5.02 Å². The first-order valence-corrected chi connectivity index (χ1v) is 5.25. The van der Waals surface area contributed by atoms with E-state index < -0.39 is 0 Å². The van der Waals surface area contributed by atoms with Gasteiger partial charge in [-0.1, -0.05) is 17.7 Å². The lowest BCUT2D eigenvalue weighted by Gasteiger charge is -2.07. The molecule has 0 aliphatic carbocycles. The van der Waals surface area contributed by atoms with E-state index in [-0.39, 0.29) is 0 Å². The van der Waals surface area contributed by atoms with Crippen molar-refractivity contribution in [1.29, 1.82) is 0 Å². The molecular formula is C11H12ClN3O. The third kappa shape index (κ3) is 2.35.